The number of hydrogen-bond acceptors (Lipinski definition) is 3. The van der Waals surface area contributed by atoms with E-state index in [1.165, 1.54) is 5.56 Å². The number of piperidine rings is 1. The molecule has 2 rings (SSSR count). The van der Waals surface area contributed by atoms with E-state index in [0.29, 0.717) is 19.5 Å². The van der Waals surface area contributed by atoms with Crippen LogP contribution in [0.15, 0.2) is 24.3 Å². The lowest BCUT2D eigenvalue weighted by molar-refractivity contribution is 0.0161. The maximum atomic E-state index is 12.6. The molecule has 0 unspecified atom stereocenters. The van der Waals surface area contributed by atoms with Crippen LogP contribution < -0.4 is 0 Å². The van der Waals surface area contributed by atoms with E-state index in [0.717, 1.165) is 18.4 Å². The van der Waals surface area contributed by atoms with Crippen molar-refractivity contribution in [3.63, 3.8) is 0 Å². The van der Waals surface area contributed by atoms with Gasteiger partial charge in [0, 0.05) is 25.1 Å². The summed E-state index contributed by atoms with van der Waals surface area (Å²) in [6.07, 6.45) is 2.10. The lowest BCUT2D eigenvalue weighted by atomic mass is 9.85. The summed E-state index contributed by atoms with van der Waals surface area (Å²) in [4.78, 5) is 26.7. The van der Waals surface area contributed by atoms with Gasteiger partial charge in [-0.1, -0.05) is 45.0 Å². The molecule has 1 fully saturated rings. The topological polar surface area (TPSA) is 46.6 Å². The monoisotopic (exact) mass is 359 g/mol. The average Bonchev–Trinajstić information content (AvgIpc) is 2.53. The van der Waals surface area contributed by atoms with Crippen LogP contribution in [0.3, 0.4) is 0 Å². The van der Waals surface area contributed by atoms with E-state index in [4.69, 9.17) is 4.74 Å². The molecule has 1 aromatic carbocycles. The molecule has 1 heterocycles. The van der Waals surface area contributed by atoms with Gasteiger partial charge in [0.25, 0.3) is 0 Å². The van der Waals surface area contributed by atoms with Crippen molar-refractivity contribution in [3.05, 3.63) is 35.4 Å². The number of hydrogen-bond donors (Lipinski definition) is 0. The molecule has 1 aromatic rings. The average molecular weight is 360 g/mol. The first-order valence-electron chi connectivity index (χ1n) is 9.57. The Labute approximate surface area is 157 Å². The zero-order valence-electron chi connectivity index (χ0n) is 17.1. The molecule has 0 aliphatic carbocycles. The van der Waals surface area contributed by atoms with Gasteiger partial charge in [-0.2, -0.15) is 0 Å². The SMILES string of the molecule is CC(C)(C)OC(=O)N1CCC[C@@H](CC(=O)c2ccc(C(C)(C)C)cc2)C1. The van der Waals surface area contributed by atoms with E-state index in [1.807, 2.05) is 45.0 Å². The molecular formula is C22H33NO3. The fraction of sp³-hybridized carbons (Fsp3) is 0.636. The number of ketones is 1. The normalized spacial score (nSPS) is 18.5. The number of rotatable bonds is 3. The van der Waals surface area contributed by atoms with Crippen LogP contribution in [0.1, 0.15) is 76.7 Å². The Morgan fingerprint density at radius 1 is 1.08 bits per heavy atom. The van der Waals surface area contributed by atoms with Crippen molar-refractivity contribution in [2.75, 3.05) is 13.1 Å². The Hall–Kier alpha value is -1.84. The lowest BCUT2D eigenvalue weighted by Gasteiger charge is -2.34. The van der Waals surface area contributed by atoms with Crippen LogP contribution in [-0.4, -0.2) is 35.5 Å². The molecule has 0 N–H and O–H groups in total. The van der Waals surface area contributed by atoms with Gasteiger partial charge < -0.3 is 9.64 Å². The molecule has 0 aromatic heterocycles. The van der Waals surface area contributed by atoms with Crippen molar-refractivity contribution in [3.8, 4) is 0 Å². The summed E-state index contributed by atoms with van der Waals surface area (Å²) in [6.45, 7) is 13.4. The van der Waals surface area contributed by atoms with Gasteiger partial charge >= 0.3 is 6.09 Å². The minimum absolute atomic E-state index is 0.0822. The van der Waals surface area contributed by atoms with Gasteiger partial charge in [-0.3, -0.25) is 4.79 Å². The summed E-state index contributed by atoms with van der Waals surface area (Å²) < 4.78 is 5.46. The highest BCUT2D eigenvalue weighted by molar-refractivity contribution is 5.96. The number of carbonyl (C=O) groups is 2. The van der Waals surface area contributed by atoms with Gasteiger partial charge in [0.15, 0.2) is 5.78 Å². The van der Waals surface area contributed by atoms with Crippen LogP contribution >= 0.6 is 0 Å². The Morgan fingerprint density at radius 3 is 2.23 bits per heavy atom. The number of benzene rings is 1. The quantitative estimate of drug-likeness (QED) is 0.697. The molecule has 0 saturated carbocycles. The smallest absolute Gasteiger partial charge is 0.410 e. The maximum absolute atomic E-state index is 12.6. The van der Waals surface area contributed by atoms with Crippen molar-refractivity contribution in [2.24, 2.45) is 5.92 Å². The fourth-order valence-corrected chi connectivity index (χ4v) is 3.26. The second-order valence-electron chi connectivity index (χ2n) is 9.39. The minimum Gasteiger partial charge on any atom is -0.444 e. The fourth-order valence-electron chi connectivity index (χ4n) is 3.26. The molecule has 0 radical (unpaired) electrons. The van der Waals surface area contributed by atoms with Crippen LogP contribution in [0.25, 0.3) is 0 Å². The third kappa shape index (κ3) is 5.86. The van der Waals surface area contributed by atoms with Crippen molar-refractivity contribution in [2.45, 2.75) is 71.8 Å². The number of likely N-dealkylation sites (tertiary alicyclic amines) is 1. The van der Waals surface area contributed by atoms with Gasteiger partial charge in [0.05, 0.1) is 0 Å². The third-order valence-electron chi connectivity index (χ3n) is 4.72. The molecule has 0 bridgehead atoms. The number of Topliss-reactive ketones (excluding diaryl/α,β-unsaturated/α-hetero) is 1. The summed E-state index contributed by atoms with van der Waals surface area (Å²) in [6, 6.07) is 7.94. The molecule has 1 amide bonds. The standard InChI is InChI=1S/C22H33NO3/c1-21(2,3)18-11-9-17(10-12-18)19(24)14-16-8-7-13-23(15-16)20(25)26-22(4,5)6/h9-12,16H,7-8,13-15H2,1-6H3/t16-/m0/s1. The molecule has 4 heteroatoms. The van der Waals surface area contributed by atoms with E-state index in [1.54, 1.807) is 4.90 Å². The van der Waals surface area contributed by atoms with E-state index in [-0.39, 0.29) is 23.2 Å². The second-order valence-corrected chi connectivity index (χ2v) is 9.39. The van der Waals surface area contributed by atoms with Crippen LogP contribution in [0.2, 0.25) is 0 Å². The molecular weight excluding hydrogens is 326 g/mol. The van der Waals surface area contributed by atoms with Crippen molar-refractivity contribution >= 4 is 11.9 Å². The molecule has 4 nitrogen and oxygen atoms in total. The van der Waals surface area contributed by atoms with Gasteiger partial charge in [-0.25, -0.2) is 4.79 Å². The molecule has 1 aliphatic heterocycles. The molecule has 1 saturated heterocycles. The Bertz CT molecular complexity index is 635. The van der Waals surface area contributed by atoms with E-state index >= 15 is 0 Å². The number of carbonyl (C=O) groups excluding carboxylic acids is 2. The van der Waals surface area contributed by atoms with E-state index < -0.39 is 5.60 Å². The van der Waals surface area contributed by atoms with Crippen LogP contribution in [0, 0.1) is 5.92 Å². The zero-order chi connectivity index (χ0) is 19.5. The molecule has 144 valence electrons. The zero-order valence-corrected chi connectivity index (χ0v) is 17.1. The van der Waals surface area contributed by atoms with Crippen molar-refractivity contribution in [1.29, 1.82) is 0 Å². The van der Waals surface area contributed by atoms with Gasteiger partial charge in [-0.05, 0) is 50.5 Å². The number of nitrogens with zero attached hydrogens (tertiary/aromatic N) is 1. The van der Waals surface area contributed by atoms with Crippen LogP contribution in [0.5, 0.6) is 0 Å². The maximum Gasteiger partial charge on any atom is 0.410 e. The summed E-state index contributed by atoms with van der Waals surface area (Å²) in [7, 11) is 0. The summed E-state index contributed by atoms with van der Waals surface area (Å²) in [5.74, 6) is 0.354. The Kier molecular flexibility index (Phi) is 6.15. The first-order chi connectivity index (χ1) is 12.0. The predicted octanol–water partition coefficient (Wildman–Crippen LogP) is 5.20. The summed E-state index contributed by atoms with van der Waals surface area (Å²) in [5, 5.41) is 0. The van der Waals surface area contributed by atoms with Gasteiger partial charge in [0.2, 0.25) is 0 Å². The highest BCUT2D eigenvalue weighted by atomic mass is 16.6. The van der Waals surface area contributed by atoms with Crippen molar-refractivity contribution in [1.82, 2.24) is 4.90 Å². The lowest BCUT2D eigenvalue weighted by Crippen LogP contribution is -2.43. The van der Waals surface area contributed by atoms with Crippen LogP contribution in [-0.2, 0) is 10.2 Å². The van der Waals surface area contributed by atoms with Gasteiger partial charge in [0.1, 0.15) is 5.60 Å². The van der Waals surface area contributed by atoms with Crippen LogP contribution in [0.4, 0.5) is 4.79 Å². The largest absolute Gasteiger partial charge is 0.444 e. The highest BCUT2D eigenvalue weighted by Gasteiger charge is 2.29. The Morgan fingerprint density at radius 2 is 1.69 bits per heavy atom. The highest BCUT2D eigenvalue weighted by Crippen LogP contribution is 2.25. The summed E-state index contributed by atoms with van der Waals surface area (Å²) in [5.41, 5.74) is 1.57. The first kappa shape index (κ1) is 20.5. The van der Waals surface area contributed by atoms with E-state index in [9.17, 15) is 9.59 Å². The second kappa shape index (κ2) is 7.81. The van der Waals surface area contributed by atoms with Gasteiger partial charge in [-0.15, -0.1) is 0 Å². The number of amides is 1. The molecule has 1 aliphatic rings. The Balaban J connectivity index is 1.95. The number of ether oxygens (including phenoxy) is 1. The van der Waals surface area contributed by atoms with E-state index in [2.05, 4.69) is 20.8 Å². The molecule has 26 heavy (non-hydrogen) atoms. The predicted molar refractivity (Wildman–Crippen MR) is 105 cm³/mol. The first-order valence-corrected chi connectivity index (χ1v) is 9.57. The summed E-state index contributed by atoms with van der Waals surface area (Å²) >= 11 is 0. The minimum atomic E-state index is -0.491. The third-order valence-corrected chi connectivity index (χ3v) is 4.72. The molecule has 0 spiro atoms. The molecule has 1 atom stereocenters. The van der Waals surface area contributed by atoms with Crippen molar-refractivity contribution < 1.29 is 14.3 Å².